The minimum atomic E-state index is -3.97. The van der Waals surface area contributed by atoms with E-state index in [4.69, 9.17) is 9.47 Å². The summed E-state index contributed by atoms with van der Waals surface area (Å²) < 4.78 is 38.2. The molecule has 0 unspecified atom stereocenters. The highest BCUT2D eigenvalue weighted by molar-refractivity contribution is 7.91. The van der Waals surface area contributed by atoms with Gasteiger partial charge in [0.05, 0.1) is 12.0 Å². The van der Waals surface area contributed by atoms with Crippen molar-refractivity contribution in [1.29, 1.82) is 0 Å². The topological polar surface area (TPSA) is 132 Å². The molecule has 2 N–H and O–H groups in total. The molecule has 196 valence electrons. The van der Waals surface area contributed by atoms with Gasteiger partial charge in [0, 0.05) is 12.3 Å². The molecule has 0 aliphatic heterocycles. The summed E-state index contributed by atoms with van der Waals surface area (Å²) in [6.07, 6.45) is 0.185. The van der Waals surface area contributed by atoms with Crippen LogP contribution in [0.4, 0.5) is 0 Å². The summed E-state index contributed by atoms with van der Waals surface area (Å²) in [6.45, 7) is 6.48. The van der Waals surface area contributed by atoms with Crippen molar-refractivity contribution in [2.24, 2.45) is 0 Å². The van der Waals surface area contributed by atoms with Crippen LogP contribution in [0.5, 0.6) is 11.5 Å². The Balaban J connectivity index is 1.85. The Kier molecular flexibility index (Phi) is 8.54. The van der Waals surface area contributed by atoms with Gasteiger partial charge in [0.1, 0.15) is 17.4 Å². The lowest BCUT2D eigenvalue weighted by atomic mass is 10.1. The lowest BCUT2D eigenvalue weighted by molar-refractivity contribution is -0.150. The zero-order chi connectivity index (χ0) is 27.3. The predicted octanol–water partition coefficient (Wildman–Crippen LogP) is 3.68. The summed E-state index contributed by atoms with van der Waals surface area (Å²) >= 11 is 0. The summed E-state index contributed by atoms with van der Waals surface area (Å²) in [5.74, 6) is -2.09. The fourth-order valence-electron chi connectivity index (χ4n) is 4.04. The molecule has 37 heavy (non-hydrogen) atoms. The third-order valence-corrected chi connectivity index (χ3v) is 8.25. The fourth-order valence-corrected chi connectivity index (χ4v) is 6.15. The molecule has 0 radical (unpaired) electrons. The number of methoxy groups -OCH3 is 1. The highest BCUT2D eigenvalue weighted by Gasteiger charge is 2.37. The van der Waals surface area contributed by atoms with Gasteiger partial charge >= 0.3 is 5.97 Å². The zero-order valence-electron chi connectivity index (χ0n) is 21.3. The van der Waals surface area contributed by atoms with Gasteiger partial charge in [0.15, 0.2) is 27.0 Å². The molecular formula is C27H30N2O7S. The second-order valence-electron chi connectivity index (χ2n) is 8.69. The van der Waals surface area contributed by atoms with E-state index in [2.05, 4.69) is 10.3 Å². The lowest BCUT2D eigenvalue weighted by Gasteiger charge is -2.26. The van der Waals surface area contributed by atoms with Crippen LogP contribution in [-0.2, 0) is 19.4 Å². The van der Waals surface area contributed by atoms with Crippen LogP contribution in [0.15, 0.2) is 65.7 Å². The zero-order valence-corrected chi connectivity index (χ0v) is 22.1. The normalized spacial score (nSPS) is 13.8. The quantitative estimate of drug-likeness (QED) is 0.404. The van der Waals surface area contributed by atoms with Crippen molar-refractivity contribution in [3.63, 3.8) is 0 Å². The summed E-state index contributed by atoms with van der Waals surface area (Å²) in [5.41, 5.74) is 1.65. The van der Waals surface area contributed by atoms with Crippen LogP contribution >= 0.6 is 0 Å². The predicted molar refractivity (Wildman–Crippen MR) is 137 cm³/mol. The number of benzene rings is 2. The number of nitrogens with zero attached hydrogens (tertiary/aromatic N) is 1. The van der Waals surface area contributed by atoms with Gasteiger partial charge in [0.2, 0.25) is 0 Å². The molecule has 1 amide bonds. The van der Waals surface area contributed by atoms with Gasteiger partial charge in [0.25, 0.3) is 5.91 Å². The number of aromatic hydroxyl groups is 1. The van der Waals surface area contributed by atoms with Gasteiger partial charge in [-0.2, -0.15) is 0 Å². The van der Waals surface area contributed by atoms with Crippen LogP contribution < -0.4 is 10.1 Å². The Morgan fingerprint density at radius 1 is 1.03 bits per heavy atom. The maximum atomic E-state index is 13.8. The highest BCUT2D eigenvalue weighted by Crippen LogP contribution is 2.35. The Labute approximate surface area is 216 Å². The van der Waals surface area contributed by atoms with E-state index in [1.807, 2.05) is 6.92 Å². The molecule has 0 aliphatic carbocycles. The smallest absolute Gasteiger partial charge is 0.328 e. The molecule has 3 rings (SSSR count). The van der Waals surface area contributed by atoms with E-state index < -0.39 is 44.9 Å². The number of sulfone groups is 1. The van der Waals surface area contributed by atoms with E-state index in [0.717, 1.165) is 5.56 Å². The Bertz CT molecular complexity index is 1390. The van der Waals surface area contributed by atoms with Crippen molar-refractivity contribution < 1.29 is 32.6 Å². The number of amides is 1. The first-order valence-electron chi connectivity index (χ1n) is 11.6. The van der Waals surface area contributed by atoms with Crippen molar-refractivity contribution in [2.75, 3.05) is 7.11 Å². The van der Waals surface area contributed by atoms with E-state index in [0.29, 0.717) is 11.1 Å². The van der Waals surface area contributed by atoms with E-state index in [1.165, 1.54) is 33.2 Å². The molecule has 0 saturated heterocycles. The molecule has 1 aromatic heterocycles. The highest BCUT2D eigenvalue weighted by atomic mass is 32.2. The second-order valence-corrected chi connectivity index (χ2v) is 10.7. The number of nitrogens with one attached hydrogen (secondary N) is 1. The molecule has 0 fully saturated rings. The van der Waals surface area contributed by atoms with Crippen molar-refractivity contribution in [3.8, 4) is 11.5 Å². The summed E-state index contributed by atoms with van der Waals surface area (Å²) in [4.78, 5) is 29.5. The Morgan fingerprint density at radius 2 is 1.70 bits per heavy atom. The number of rotatable bonds is 9. The number of carbonyl (C=O) groups excluding carboxylic acids is 2. The van der Waals surface area contributed by atoms with Crippen molar-refractivity contribution in [2.45, 2.75) is 50.0 Å². The molecule has 3 aromatic rings. The molecule has 0 spiro atoms. The van der Waals surface area contributed by atoms with Crippen LogP contribution in [-0.4, -0.2) is 49.6 Å². The number of carbonyl (C=O) groups is 2. The van der Waals surface area contributed by atoms with E-state index in [1.54, 1.807) is 55.5 Å². The monoisotopic (exact) mass is 526 g/mol. The molecule has 2 aromatic carbocycles. The summed E-state index contributed by atoms with van der Waals surface area (Å²) in [7, 11) is -2.65. The minimum Gasteiger partial charge on any atom is -0.503 e. The number of hydrogen-bond donors (Lipinski definition) is 2. The second kappa shape index (κ2) is 11.4. The van der Waals surface area contributed by atoms with Crippen LogP contribution in [0.2, 0.25) is 0 Å². The standard InChI is InChI=1S/C27H30N2O7S/c1-16-11-12-22(17(2)15-16)37(33,34)25(20-9-7-6-8-10-20)19(4)36-27(32)18(3)29-26(31)23-24(30)21(35-5)13-14-28-23/h6-15,18-19,25,30H,1-5H3,(H,29,31)/t18-,19-,25-/m0/s1. The average Bonchev–Trinajstić information content (AvgIpc) is 2.84. The number of hydrogen-bond acceptors (Lipinski definition) is 8. The molecule has 3 atom stereocenters. The van der Waals surface area contributed by atoms with Gasteiger partial charge < -0.3 is 19.9 Å². The number of aromatic nitrogens is 1. The van der Waals surface area contributed by atoms with Gasteiger partial charge in [-0.05, 0) is 44.9 Å². The molecule has 0 bridgehead atoms. The Hall–Kier alpha value is -3.92. The first kappa shape index (κ1) is 27.7. The van der Waals surface area contributed by atoms with Gasteiger partial charge in [-0.3, -0.25) is 4.79 Å². The average molecular weight is 527 g/mol. The maximum absolute atomic E-state index is 13.8. The largest absolute Gasteiger partial charge is 0.503 e. The van der Waals surface area contributed by atoms with Gasteiger partial charge in [-0.25, -0.2) is 18.2 Å². The fraction of sp³-hybridized carbons (Fsp3) is 0.296. The molecule has 10 heteroatoms. The molecule has 0 saturated carbocycles. The molecular weight excluding hydrogens is 496 g/mol. The van der Waals surface area contributed by atoms with Crippen LogP contribution in [0.25, 0.3) is 0 Å². The SMILES string of the molecule is COc1ccnc(C(=O)N[C@@H](C)C(=O)O[C@@H](C)[C@@H](c2ccccc2)S(=O)(=O)c2ccc(C)cc2C)c1O. The van der Waals surface area contributed by atoms with Crippen molar-refractivity contribution in [3.05, 3.63) is 83.2 Å². The van der Waals surface area contributed by atoms with Crippen LogP contribution in [0.3, 0.4) is 0 Å². The Morgan fingerprint density at radius 3 is 2.32 bits per heavy atom. The number of ether oxygens (including phenoxy) is 2. The van der Waals surface area contributed by atoms with Gasteiger partial charge in [-0.1, -0.05) is 48.0 Å². The van der Waals surface area contributed by atoms with E-state index >= 15 is 0 Å². The third kappa shape index (κ3) is 6.08. The molecule has 9 nitrogen and oxygen atoms in total. The number of pyridine rings is 1. The van der Waals surface area contributed by atoms with E-state index in [-0.39, 0.29) is 16.3 Å². The minimum absolute atomic E-state index is 0.0475. The lowest BCUT2D eigenvalue weighted by Crippen LogP contribution is -2.42. The molecule has 0 aliphatic rings. The first-order chi connectivity index (χ1) is 17.5. The van der Waals surface area contributed by atoms with Crippen molar-refractivity contribution in [1.82, 2.24) is 10.3 Å². The summed E-state index contributed by atoms with van der Waals surface area (Å²) in [6, 6.07) is 13.8. The van der Waals surface area contributed by atoms with E-state index in [9.17, 15) is 23.1 Å². The van der Waals surface area contributed by atoms with Gasteiger partial charge in [-0.15, -0.1) is 0 Å². The van der Waals surface area contributed by atoms with Crippen molar-refractivity contribution >= 4 is 21.7 Å². The summed E-state index contributed by atoms with van der Waals surface area (Å²) in [5, 5.41) is 11.4. The third-order valence-electron chi connectivity index (χ3n) is 5.85. The first-order valence-corrected chi connectivity index (χ1v) is 13.1. The number of aryl methyl sites for hydroxylation is 2. The van der Waals surface area contributed by atoms with Crippen LogP contribution in [0.1, 0.15) is 46.3 Å². The maximum Gasteiger partial charge on any atom is 0.328 e. The number of esters is 1. The van der Waals surface area contributed by atoms with Crippen LogP contribution in [0, 0.1) is 13.8 Å². The molecule has 1 heterocycles.